The molecule has 2 fully saturated rings. The summed E-state index contributed by atoms with van der Waals surface area (Å²) in [5, 5.41) is 21.1. The number of aryl methyl sites for hydroxylation is 1. The number of fused-ring (bicyclic) bond motifs is 2. The minimum absolute atomic E-state index is 0.0905. The van der Waals surface area contributed by atoms with Crippen molar-refractivity contribution in [2.75, 3.05) is 37.7 Å². The maximum absolute atomic E-state index is 12.4. The van der Waals surface area contributed by atoms with E-state index in [0.29, 0.717) is 31.0 Å². The summed E-state index contributed by atoms with van der Waals surface area (Å²) in [6.07, 6.45) is 14.4. The quantitative estimate of drug-likeness (QED) is 0.238. The first kappa shape index (κ1) is 32.1. The molecule has 4 aromatic heterocycles. The third-order valence-electron chi connectivity index (χ3n) is 10.6. The van der Waals surface area contributed by atoms with Crippen LogP contribution in [0.25, 0.3) is 33.3 Å². The topological polar surface area (TPSA) is 144 Å². The van der Waals surface area contributed by atoms with Crippen LogP contribution < -0.4 is 4.90 Å². The van der Waals surface area contributed by atoms with E-state index in [1.807, 2.05) is 22.0 Å². The summed E-state index contributed by atoms with van der Waals surface area (Å²) in [6.45, 7) is 6.93. The summed E-state index contributed by atoms with van der Waals surface area (Å²) in [5.74, 6) is 0.226. The highest BCUT2D eigenvalue weighted by atomic mass is 16.5. The second-order valence-corrected chi connectivity index (χ2v) is 13.6. The first-order valence-electron chi connectivity index (χ1n) is 17.6. The summed E-state index contributed by atoms with van der Waals surface area (Å²) in [5.41, 5.74) is 6.32. The molecule has 8 rings (SSSR count). The minimum Gasteiger partial charge on any atom is -0.478 e. The first-order chi connectivity index (χ1) is 24.4. The van der Waals surface area contributed by atoms with Crippen LogP contribution in [0.4, 0.5) is 5.95 Å². The van der Waals surface area contributed by atoms with Crippen LogP contribution in [0.15, 0.2) is 55.2 Å². The molecule has 3 aliphatic rings. The van der Waals surface area contributed by atoms with Crippen LogP contribution in [0.3, 0.4) is 0 Å². The van der Waals surface area contributed by atoms with Crippen molar-refractivity contribution in [2.24, 2.45) is 5.92 Å². The van der Waals surface area contributed by atoms with Crippen LogP contribution >= 0.6 is 0 Å². The Kier molecular flexibility index (Phi) is 8.73. The standard InChI is InChI=1S/C37H41N9O4/c1-24(47)44-13-8-34-32(23-44)35(42-46(34)29-9-15-50-16-10-29)30-4-2-3-26-17-33(38-21-31(26)30)28-20-41-45(22-28)14-7-25-5-11-43(12-6-25)37-39-18-27(19-40-37)36(48)49/h2-4,17-22,25,29H,5-16,23H2,1H3,(H,48,49). The first-order valence-corrected chi connectivity index (χ1v) is 17.6. The number of carboxylic acid groups (broad SMARTS) is 1. The fourth-order valence-electron chi connectivity index (χ4n) is 7.65. The molecule has 5 aromatic rings. The van der Waals surface area contributed by atoms with Crippen molar-refractivity contribution in [3.8, 4) is 22.5 Å². The van der Waals surface area contributed by atoms with Gasteiger partial charge in [0.05, 0.1) is 29.2 Å². The number of amides is 1. The van der Waals surface area contributed by atoms with E-state index in [1.54, 1.807) is 6.92 Å². The van der Waals surface area contributed by atoms with Gasteiger partial charge in [0.2, 0.25) is 11.9 Å². The van der Waals surface area contributed by atoms with E-state index < -0.39 is 5.97 Å². The molecule has 0 saturated carbocycles. The third-order valence-corrected chi connectivity index (χ3v) is 10.6. The fraction of sp³-hybridized carbons (Fsp3) is 0.432. The van der Waals surface area contributed by atoms with Crippen LogP contribution in [0.5, 0.6) is 0 Å². The molecule has 0 radical (unpaired) electrons. The van der Waals surface area contributed by atoms with E-state index in [4.69, 9.17) is 19.9 Å². The Bertz CT molecular complexity index is 2020. The van der Waals surface area contributed by atoms with E-state index in [0.717, 1.165) is 110 Å². The van der Waals surface area contributed by atoms with E-state index >= 15 is 0 Å². The van der Waals surface area contributed by atoms with Gasteiger partial charge in [-0.2, -0.15) is 10.2 Å². The van der Waals surface area contributed by atoms with Gasteiger partial charge >= 0.3 is 5.97 Å². The Morgan fingerprint density at radius 1 is 0.980 bits per heavy atom. The number of anilines is 1. The SMILES string of the molecule is CC(=O)N1CCc2c(c(-c3cccc4cc(-c5cnn(CCC6CCN(c7ncc(C(=O)O)cn7)CC6)c5)ncc34)nn2C2CCOCC2)C1. The number of pyridine rings is 1. The van der Waals surface area contributed by atoms with Gasteiger partial charge in [0.15, 0.2) is 0 Å². The maximum Gasteiger partial charge on any atom is 0.338 e. The lowest BCUT2D eigenvalue weighted by Crippen LogP contribution is -2.35. The molecule has 7 heterocycles. The molecule has 13 nitrogen and oxygen atoms in total. The van der Waals surface area contributed by atoms with Crippen LogP contribution in [-0.4, -0.2) is 89.2 Å². The minimum atomic E-state index is -1.02. The highest BCUT2D eigenvalue weighted by Crippen LogP contribution is 2.37. The Morgan fingerprint density at radius 2 is 1.78 bits per heavy atom. The number of hydrogen-bond donors (Lipinski definition) is 1. The molecule has 3 aliphatic heterocycles. The van der Waals surface area contributed by atoms with Crippen molar-refractivity contribution in [1.29, 1.82) is 0 Å². The third kappa shape index (κ3) is 6.33. The molecular formula is C37H41N9O4. The molecule has 1 amide bonds. The number of piperidine rings is 1. The number of nitrogens with zero attached hydrogens (tertiary/aromatic N) is 9. The molecule has 0 aliphatic carbocycles. The molecule has 0 atom stereocenters. The summed E-state index contributed by atoms with van der Waals surface area (Å²) >= 11 is 0. The van der Waals surface area contributed by atoms with Gasteiger partial charge in [-0.3, -0.25) is 19.1 Å². The Balaban J connectivity index is 0.968. The Labute approximate surface area is 289 Å². The van der Waals surface area contributed by atoms with Gasteiger partial charge in [0.1, 0.15) is 0 Å². The van der Waals surface area contributed by atoms with Crippen LogP contribution in [0, 0.1) is 5.92 Å². The summed E-state index contributed by atoms with van der Waals surface area (Å²) in [6, 6.07) is 8.76. The van der Waals surface area contributed by atoms with Gasteiger partial charge in [-0.15, -0.1) is 0 Å². The van der Waals surface area contributed by atoms with Gasteiger partial charge in [0.25, 0.3) is 0 Å². The van der Waals surface area contributed by atoms with Gasteiger partial charge in [-0.25, -0.2) is 14.8 Å². The number of ether oxygens (including phenoxy) is 1. The molecule has 1 aromatic carbocycles. The van der Waals surface area contributed by atoms with Crippen molar-refractivity contribution in [3.05, 3.63) is 72.1 Å². The molecule has 2 saturated heterocycles. The predicted octanol–water partition coefficient (Wildman–Crippen LogP) is 5.01. The van der Waals surface area contributed by atoms with Gasteiger partial charge in [0, 0.05) is 112 Å². The van der Waals surface area contributed by atoms with Crippen molar-refractivity contribution < 1.29 is 19.4 Å². The number of carbonyl (C=O) groups excluding carboxylic acids is 1. The molecule has 0 unspecified atom stereocenters. The number of benzene rings is 1. The zero-order valence-electron chi connectivity index (χ0n) is 28.2. The molecule has 1 N–H and O–H groups in total. The monoisotopic (exact) mass is 675 g/mol. The molecule has 258 valence electrons. The highest BCUT2D eigenvalue weighted by molar-refractivity contribution is 5.97. The van der Waals surface area contributed by atoms with Crippen LogP contribution in [0.2, 0.25) is 0 Å². The summed E-state index contributed by atoms with van der Waals surface area (Å²) in [7, 11) is 0. The van der Waals surface area contributed by atoms with Gasteiger partial charge in [-0.1, -0.05) is 18.2 Å². The second-order valence-electron chi connectivity index (χ2n) is 13.6. The van der Waals surface area contributed by atoms with Crippen molar-refractivity contribution in [2.45, 2.75) is 64.6 Å². The largest absolute Gasteiger partial charge is 0.478 e. The number of hydrogen-bond acceptors (Lipinski definition) is 9. The van der Waals surface area contributed by atoms with Gasteiger partial charge < -0.3 is 19.6 Å². The lowest BCUT2D eigenvalue weighted by atomic mass is 9.94. The zero-order chi connectivity index (χ0) is 34.2. The number of aromatic carboxylic acids is 1. The van der Waals surface area contributed by atoms with E-state index in [2.05, 4.69) is 55.1 Å². The van der Waals surface area contributed by atoms with E-state index in [-0.39, 0.29) is 11.5 Å². The lowest BCUT2D eigenvalue weighted by Gasteiger charge is -2.31. The Morgan fingerprint density at radius 3 is 2.54 bits per heavy atom. The molecule has 0 spiro atoms. The number of carbonyl (C=O) groups is 2. The van der Waals surface area contributed by atoms with E-state index in [1.165, 1.54) is 18.1 Å². The smallest absolute Gasteiger partial charge is 0.338 e. The molecule has 50 heavy (non-hydrogen) atoms. The lowest BCUT2D eigenvalue weighted by molar-refractivity contribution is -0.129. The molecule has 0 bridgehead atoms. The van der Waals surface area contributed by atoms with Crippen molar-refractivity contribution >= 4 is 28.6 Å². The average molecular weight is 676 g/mol. The molecular weight excluding hydrogens is 634 g/mol. The van der Waals surface area contributed by atoms with Crippen LogP contribution in [-0.2, 0) is 29.0 Å². The summed E-state index contributed by atoms with van der Waals surface area (Å²) in [4.78, 5) is 41.0. The number of rotatable bonds is 8. The normalized spacial score (nSPS) is 17.3. The predicted molar refractivity (Wildman–Crippen MR) is 187 cm³/mol. The maximum atomic E-state index is 12.4. The fourth-order valence-corrected chi connectivity index (χ4v) is 7.65. The average Bonchev–Trinajstić information content (AvgIpc) is 3.79. The van der Waals surface area contributed by atoms with Crippen LogP contribution in [0.1, 0.15) is 66.7 Å². The van der Waals surface area contributed by atoms with Gasteiger partial charge in [-0.05, 0) is 49.5 Å². The second kappa shape index (κ2) is 13.6. The summed E-state index contributed by atoms with van der Waals surface area (Å²) < 4.78 is 9.90. The van der Waals surface area contributed by atoms with Crippen molar-refractivity contribution in [1.82, 2.24) is 39.4 Å². The highest BCUT2D eigenvalue weighted by Gasteiger charge is 2.31. The zero-order valence-corrected chi connectivity index (χ0v) is 28.2. The number of aromatic nitrogens is 7. The van der Waals surface area contributed by atoms with Crippen molar-refractivity contribution in [3.63, 3.8) is 0 Å². The molecule has 13 heteroatoms. The Hall–Kier alpha value is -5.17. The number of carboxylic acids is 1. The van der Waals surface area contributed by atoms with E-state index in [9.17, 15) is 9.59 Å².